The van der Waals surface area contributed by atoms with E-state index in [9.17, 15) is 9.59 Å². The minimum Gasteiger partial charge on any atom is -0.487 e. The number of carbonyl (C=O) groups excluding carboxylic acids is 2. The van der Waals surface area contributed by atoms with Crippen LogP contribution in [0, 0.1) is 0 Å². The van der Waals surface area contributed by atoms with Crippen molar-refractivity contribution in [2.75, 3.05) is 159 Å². The molecule has 2 aliphatic rings. The van der Waals surface area contributed by atoms with Crippen LogP contribution in [0.5, 0.6) is 57.5 Å². The Bertz CT molecular complexity index is 2280. The molecule has 20 heteroatoms. The first kappa shape index (κ1) is 56.8. The van der Waals surface area contributed by atoms with E-state index in [0.717, 1.165) is 0 Å². The van der Waals surface area contributed by atoms with E-state index in [-0.39, 0.29) is 75.5 Å². The molecule has 0 aromatic heterocycles. The molecule has 0 saturated carbocycles. The fraction of sp³-hybridized carbons (Fsp3) is 0.429. The molecule has 0 spiro atoms. The summed E-state index contributed by atoms with van der Waals surface area (Å²) >= 11 is 0. The second-order valence-electron chi connectivity index (χ2n) is 16.2. The third-order valence-electron chi connectivity index (χ3n) is 10.7. The standard InChI is InChI=1S/C56H66O20/c57-55(75-45-13-15-51-53(41-45)73-39-31-65-23-21-61-27-35-69-49-7-3-1-5-47(49)67-33-25-59-17-19-63-29-37-71-51)43-9-11-44(12-10-43)56(58)76-46-14-16-52-54(42-46)74-40-32-66-24-22-62-28-36-70-50-8-4-2-6-48(50)68-34-26-60-18-20-64-30-38-72-52/h1-16,41-42H,17-40H2. The van der Waals surface area contributed by atoms with Crippen molar-refractivity contribution in [2.24, 2.45) is 0 Å². The van der Waals surface area contributed by atoms with Crippen LogP contribution in [0.4, 0.5) is 0 Å². The lowest BCUT2D eigenvalue weighted by Gasteiger charge is -2.15. The predicted octanol–water partition coefficient (Wildman–Crippen LogP) is 6.72. The number of rotatable bonds is 4. The Kier molecular flexibility index (Phi) is 25.4. The number of benzene rings is 5. The molecule has 7 rings (SSSR count). The molecule has 410 valence electrons. The maximum atomic E-state index is 13.4. The number of esters is 2. The Morgan fingerprint density at radius 2 is 0.461 bits per heavy atom. The largest absolute Gasteiger partial charge is 0.487 e. The highest BCUT2D eigenvalue weighted by Crippen LogP contribution is 2.34. The Hall–Kier alpha value is -6.88. The highest BCUT2D eigenvalue weighted by atomic mass is 16.6. The molecule has 0 saturated heterocycles. The van der Waals surface area contributed by atoms with Gasteiger partial charge in [-0.1, -0.05) is 24.3 Å². The van der Waals surface area contributed by atoms with E-state index < -0.39 is 11.9 Å². The Morgan fingerprint density at radius 1 is 0.250 bits per heavy atom. The van der Waals surface area contributed by atoms with Crippen molar-refractivity contribution in [1.82, 2.24) is 0 Å². The summed E-state index contributed by atoms with van der Waals surface area (Å²) in [5, 5.41) is 0. The molecule has 0 radical (unpaired) electrons. The first-order valence-corrected chi connectivity index (χ1v) is 25.2. The van der Waals surface area contributed by atoms with E-state index in [1.807, 2.05) is 48.5 Å². The number of para-hydroxylation sites is 4. The summed E-state index contributed by atoms with van der Waals surface area (Å²) in [4.78, 5) is 26.7. The molecule has 5 aromatic carbocycles. The van der Waals surface area contributed by atoms with Crippen LogP contribution in [-0.2, 0) is 37.9 Å². The van der Waals surface area contributed by atoms with Crippen molar-refractivity contribution in [1.29, 1.82) is 0 Å². The smallest absolute Gasteiger partial charge is 0.343 e. The molecule has 2 aliphatic heterocycles. The van der Waals surface area contributed by atoms with Crippen LogP contribution in [0.2, 0.25) is 0 Å². The molecule has 2 heterocycles. The van der Waals surface area contributed by atoms with Gasteiger partial charge in [0.15, 0.2) is 46.0 Å². The highest BCUT2D eigenvalue weighted by molar-refractivity contribution is 5.95. The molecular weight excluding hydrogens is 993 g/mol. The number of hydrogen-bond donors (Lipinski definition) is 0. The minimum absolute atomic E-state index is 0.174. The first-order valence-electron chi connectivity index (χ1n) is 25.2. The molecule has 0 atom stereocenters. The second kappa shape index (κ2) is 33.9. The minimum atomic E-state index is -0.666. The van der Waals surface area contributed by atoms with Gasteiger partial charge in [-0.3, -0.25) is 0 Å². The van der Waals surface area contributed by atoms with Gasteiger partial charge in [-0.2, -0.15) is 0 Å². The molecule has 0 N–H and O–H groups in total. The molecule has 20 nitrogen and oxygen atoms in total. The second-order valence-corrected chi connectivity index (χ2v) is 16.2. The maximum absolute atomic E-state index is 13.4. The van der Waals surface area contributed by atoms with Gasteiger partial charge >= 0.3 is 11.9 Å². The van der Waals surface area contributed by atoms with Crippen LogP contribution in [-0.4, -0.2) is 171 Å². The third-order valence-corrected chi connectivity index (χ3v) is 10.7. The predicted molar refractivity (Wildman–Crippen MR) is 273 cm³/mol. The zero-order valence-corrected chi connectivity index (χ0v) is 42.5. The van der Waals surface area contributed by atoms with Crippen molar-refractivity contribution >= 4 is 11.9 Å². The van der Waals surface area contributed by atoms with Crippen molar-refractivity contribution in [3.8, 4) is 57.5 Å². The summed E-state index contributed by atoms with van der Waals surface area (Å²) < 4.78 is 104. The summed E-state index contributed by atoms with van der Waals surface area (Å²) in [7, 11) is 0. The summed E-state index contributed by atoms with van der Waals surface area (Å²) in [5.41, 5.74) is 0.379. The van der Waals surface area contributed by atoms with Gasteiger partial charge in [0.1, 0.15) is 64.4 Å². The topological polar surface area (TPSA) is 200 Å². The van der Waals surface area contributed by atoms with Gasteiger partial charge in [0.25, 0.3) is 0 Å². The van der Waals surface area contributed by atoms with Gasteiger partial charge in [0.05, 0.1) is 117 Å². The van der Waals surface area contributed by atoms with Crippen LogP contribution in [0.1, 0.15) is 20.7 Å². The van der Waals surface area contributed by atoms with Crippen LogP contribution < -0.4 is 47.4 Å². The molecule has 5 aromatic rings. The van der Waals surface area contributed by atoms with Crippen molar-refractivity contribution in [2.45, 2.75) is 0 Å². The Morgan fingerprint density at radius 3 is 0.711 bits per heavy atom. The van der Waals surface area contributed by atoms with Crippen LogP contribution >= 0.6 is 0 Å². The SMILES string of the molecule is O=C(Oc1ccc2c(c1)OCCOCCOCCOc1ccccc1OCCOCCOCCO2)c1ccc(C(=O)Oc2ccc3c(c2)OCCOCCOCCOc2ccccc2OCCOCCOCCO3)cc1. The number of carbonyl (C=O) groups is 2. The van der Waals surface area contributed by atoms with Gasteiger partial charge in [-0.05, 0) is 72.8 Å². The molecular formula is C56H66O20. The van der Waals surface area contributed by atoms with Crippen LogP contribution in [0.25, 0.3) is 0 Å². The van der Waals surface area contributed by atoms with E-state index >= 15 is 0 Å². The number of fused-ring (bicyclic) bond motifs is 4. The molecule has 76 heavy (non-hydrogen) atoms. The van der Waals surface area contributed by atoms with Crippen molar-refractivity contribution < 1.29 is 94.9 Å². The van der Waals surface area contributed by atoms with E-state index in [1.54, 1.807) is 36.4 Å². The fourth-order valence-corrected chi connectivity index (χ4v) is 6.99. The Labute approximate surface area is 442 Å². The van der Waals surface area contributed by atoms with Gasteiger partial charge < -0.3 is 85.3 Å². The lowest BCUT2D eigenvalue weighted by molar-refractivity contribution is 0.0223. The van der Waals surface area contributed by atoms with E-state index in [0.29, 0.717) is 152 Å². The normalized spacial score (nSPS) is 17.3. The zero-order valence-electron chi connectivity index (χ0n) is 42.5. The maximum Gasteiger partial charge on any atom is 0.343 e. The summed E-state index contributed by atoms with van der Waals surface area (Å²) in [5.74, 6) is 3.07. The molecule has 0 unspecified atom stereocenters. The monoisotopic (exact) mass is 1060 g/mol. The summed E-state index contributed by atoms with van der Waals surface area (Å²) in [6.45, 7) is 7.55. The van der Waals surface area contributed by atoms with Crippen LogP contribution in [0.3, 0.4) is 0 Å². The molecule has 0 aliphatic carbocycles. The average molecular weight is 1060 g/mol. The highest BCUT2D eigenvalue weighted by Gasteiger charge is 2.17. The van der Waals surface area contributed by atoms with Crippen molar-refractivity contribution in [3.05, 3.63) is 120 Å². The van der Waals surface area contributed by atoms with Crippen LogP contribution in [0.15, 0.2) is 109 Å². The summed E-state index contributed by atoms with van der Waals surface area (Å²) in [6, 6.07) is 30.3. The van der Waals surface area contributed by atoms with Crippen molar-refractivity contribution in [3.63, 3.8) is 0 Å². The number of ether oxygens (including phenoxy) is 18. The lowest BCUT2D eigenvalue weighted by Crippen LogP contribution is -2.16. The van der Waals surface area contributed by atoms with Gasteiger partial charge in [0, 0.05) is 12.1 Å². The van der Waals surface area contributed by atoms with Gasteiger partial charge in [-0.25, -0.2) is 9.59 Å². The average Bonchev–Trinajstić information content (AvgIpc) is 3.44. The van der Waals surface area contributed by atoms with E-state index in [2.05, 4.69) is 0 Å². The molecule has 0 bridgehead atoms. The molecule has 0 amide bonds. The Balaban J connectivity index is 0.881. The third kappa shape index (κ3) is 20.7. The lowest BCUT2D eigenvalue weighted by atomic mass is 10.1. The first-order chi connectivity index (χ1) is 37.6. The quantitative estimate of drug-likeness (QED) is 0.136. The van der Waals surface area contributed by atoms with Gasteiger partial charge in [0.2, 0.25) is 0 Å². The van der Waals surface area contributed by atoms with E-state index in [4.69, 9.17) is 85.3 Å². The fourth-order valence-electron chi connectivity index (χ4n) is 6.99. The van der Waals surface area contributed by atoms with Gasteiger partial charge in [-0.15, -0.1) is 0 Å². The molecule has 0 fully saturated rings. The van der Waals surface area contributed by atoms with E-state index in [1.165, 1.54) is 24.3 Å². The number of hydrogen-bond acceptors (Lipinski definition) is 20. The zero-order chi connectivity index (χ0) is 52.5. The summed E-state index contributed by atoms with van der Waals surface area (Å²) in [6.07, 6.45) is 0.